The summed E-state index contributed by atoms with van der Waals surface area (Å²) >= 11 is 0. The predicted molar refractivity (Wildman–Crippen MR) is 67.8 cm³/mol. The van der Waals surface area contributed by atoms with Crippen molar-refractivity contribution < 1.29 is 9.47 Å². The lowest BCUT2D eigenvalue weighted by atomic mass is 10.1. The second-order valence-corrected chi connectivity index (χ2v) is 3.90. The van der Waals surface area contributed by atoms with E-state index in [4.69, 9.17) is 15.2 Å². The molecule has 0 aliphatic rings. The number of nitrogens with zero attached hydrogens (tertiary/aromatic N) is 3. The molecular formula is C12H16N4O2. The summed E-state index contributed by atoms with van der Waals surface area (Å²) in [5.41, 5.74) is 6.70. The number of nitrogen functional groups attached to an aromatic ring is 1. The first kappa shape index (κ1) is 12.2. The van der Waals surface area contributed by atoms with Gasteiger partial charge in [-0.25, -0.2) is 0 Å². The molecule has 18 heavy (non-hydrogen) atoms. The highest BCUT2D eigenvalue weighted by Gasteiger charge is 2.09. The average molecular weight is 248 g/mol. The van der Waals surface area contributed by atoms with Crippen LogP contribution in [0.15, 0.2) is 18.2 Å². The van der Waals surface area contributed by atoms with Gasteiger partial charge in [0.1, 0.15) is 5.82 Å². The van der Waals surface area contributed by atoms with Crippen LogP contribution in [-0.4, -0.2) is 29.0 Å². The lowest BCUT2D eigenvalue weighted by molar-refractivity contribution is 0.354. The second-order valence-electron chi connectivity index (χ2n) is 3.90. The predicted octanol–water partition coefficient (Wildman–Crippen LogP) is 1.01. The van der Waals surface area contributed by atoms with Gasteiger partial charge in [-0.15, -0.1) is 10.2 Å². The van der Waals surface area contributed by atoms with Crippen molar-refractivity contribution in [2.24, 2.45) is 7.05 Å². The summed E-state index contributed by atoms with van der Waals surface area (Å²) in [5.74, 6) is 2.62. The molecule has 0 unspecified atom stereocenters. The van der Waals surface area contributed by atoms with E-state index in [1.54, 1.807) is 18.8 Å². The molecule has 1 heterocycles. The van der Waals surface area contributed by atoms with Crippen LogP contribution in [0.5, 0.6) is 11.5 Å². The van der Waals surface area contributed by atoms with Gasteiger partial charge in [0.05, 0.1) is 14.2 Å². The molecular weight excluding hydrogens is 232 g/mol. The first-order chi connectivity index (χ1) is 8.65. The molecule has 2 N–H and O–H groups in total. The first-order valence-corrected chi connectivity index (χ1v) is 5.50. The topological polar surface area (TPSA) is 75.2 Å². The third-order valence-electron chi connectivity index (χ3n) is 2.81. The van der Waals surface area contributed by atoms with Gasteiger partial charge < -0.3 is 19.8 Å². The lowest BCUT2D eigenvalue weighted by Gasteiger charge is -2.09. The van der Waals surface area contributed by atoms with Crippen LogP contribution in [0.25, 0.3) is 0 Å². The summed E-state index contributed by atoms with van der Waals surface area (Å²) in [4.78, 5) is 0. The van der Waals surface area contributed by atoms with Gasteiger partial charge in [-0.3, -0.25) is 0 Å². The van der Waals surface area contributed by atoms with Crippen LogP contribution < -0.4 is 15.2 Å². The van der Waals surface area contributed by atoms with E-state index < -0.39 is 0 Å². The molecule has 6 heteroatoms. The number of rotatable bonds is 4. The van der Waals surface area contributed by atoms with Gasteiger partial charge in [-0.05, 0) is 17.7 Å². The number of anilines is 1. The van der Waals surface area contributed by atoms with Gasteiger partial charge >= 0.3 is 0 Å². The number of aromatic nitrogens is 3. The number of ether oxygens (including phenoxy) is 2. The minimum atomic E-state index is 0.408. The van der Waals surface area contributed by atoms with Crippen LogP contribution in [0.1, 0.15) is 11.4 Å². The third-order valence-corrected chi connectivity index (χ3v) is 2.81. The van der Waals surface area contributed by atoms with Gasteiger partial charge in [-0.1, -0.05) is 6.07 Å². The summed E-state index contributed by atoms with van der Waals surface area (Å²) < 4.78 is 12.2. The molecule has 96 valence electrons. The van der Waals surface area contributed by atoms with E-state index in [-0.39, 0.29) is 0 Å². The highest BCUT2D eigenvalue weighted by Crippen LogP contribution is 2.28. The molecule has 0 amide bonds. The quantitative estimate of drug-likeness (QED) is 0.873. The zero-order valence-corrected chi connectivity index (χ0v) is 10.7. The minimum absolute atomic E-state index is 0.408. The fraction of sp³-hybridized carbons (Fsp3) is 0.333. The van der Waals surface area contributed by atoms with E-state index in [2.05, 4.69) is 10.2 Å². The van der Waals surface area contributed by atoms with Gasteiger partial charge in [0.15, 0.2) is 11.5 Å². The van der Waals surface area contributed by atoms with Crippen LogP contribution in [-0.2, 0) is 13.5 Å². The molecule has 0 saturated heterocycles. The highest BCUT2D eigenvalue weighted by molar-refractivity contribution is 5.43. The normalized spacial score (nSPS) is 10.4. The fourth-order valence-corrected chi connectivity index (χ4v) is 1.70. The third kappa shape index (κ3) is 2.22. The van der Waals surface area contributed by atoms with E-state index >= 15 is 0 Å². The van der Waals surface area contributed by atoms with Gasteiger partial charge in [-0.2, -0.15) is 0 Å². The SMILES string of the molecule is COc1ccc(Cc2nnc(N)n2C)cc1OC. The van der Waals surface area contributed by atoms with Crippen LogP contribution >= 0.6 is 0 Å². The molecule has 0 bridgehead atoms. The summed E-state index contributed by atoms with van der Waals surface area (Å²) in [6.45, 7) is 0. The van der Waals surface area contributed by atoms with Crippen molar-refractivity contribution in [2.45, 2.75) is 6.42 Å². The Kier molecular flexibility index (Phi) is 3.36. The van der Waals surface area contributed by atoms with Crippen molar-refractivity contribution in [1.29, 1.82) is 0 Å². The molecule has 0 saturated carbocycles. The van der Waals surface area contributed by atoms with Gasteiger partial charge in [0.25, 0.3) is 0 Å². The van der Waals surface area contributed by atoms with E-state index in [1.807, 2.05) is 25.2 Å². The molecule has 2 aromatic rings. The molecule has 1 aromatic heterocycles. The van der Waals surface area contributed by atoms with Crippen molar-refractivity contribution >= 4 is 5.95 Å². The molecule has 2 rings (SSSR count). The lowest BCUT2D eigenvalue weighted by Crippen LogP contribution is -2.03. The highest BCUT2D eigenvalue weighted by atomic mass is 16.5. The zero-order valence-electron chi connectivity index (χ0n) is 10.7. The monoisotopic (exact) mass is 248 g/mol. The van der Waals surface area contributed by atoms with Gasteiger partial charge in [0, 0.05) is 13.5 Å². The Morgan fingerprint density at radius 1 is 1.17 bits per heavy atom. The number of hydrogen-bond donors (Lipinski definition) is 1. The fourth-order valence-electron chi connectivity index (χ4n) is 1.70. The molecule has 1 aromatic carbocycles. The molecule has 6 nitrogen and oxygen atoms in total. The van der Waals surface area contributed by atoms with Crippen molar-refractivity contribution in [3.63, 3.8) is 0 Å². The van der Waals surface area contributed by atoms with E-state index in [0.717, 1.165) is 11.4 Å². The Morgan fingerprint density at radius 2 is 1.89 bits per heavy atom. The maximum atomic E-state index is 5.64. The van der Waals surface area contributed by atoms with E-state index in [1.165, 1.54) is 0 Å². The zero-order chi connectivity index (χ0) is 13.1. The van der Waals surface area contributed by atoms with Gasteiger partial charge in [0.2, 0.25) is 5.95 Å². The molecule has 0 aliphatic carbocycles. The van der Waals surface area contributed by atoms with Crippen molar-refractivity contribution in [3.05, 3.63) is 29.6 Å². The van der Waals surface area contributed by atoms with E-state index in [9.17, 15) is 0 Å². The van der Waals surface area contributed by atoms with Crippen molar-refractivity contribution in [2.75, 3.05) is 20.0 Å². The smallest absolute Gasteiger partial charge is 0.221 e. The van der Waals surface area contributed by atoms with Crippen molar-refractivity contribution in [1.82, 2.24) is 14.8 Å². The second kappa shape index (κ2) is 4.95. The average Bonchev–Trinajstić information content (AvgIpc) is 2.70. The Morgan fingerprint density at radius 3 is 2.44 bits per heavy atom. The summed E-state index contributed by atoms with van der Waals surface area (Å²) in [5, 5.41) is 7.85. The number of methoxy groups -OCH3 is 2. The van der Waals surface area contributed by atoms with Crippen LogP contribution in [0.3, 0.4) is 0 Å². The molecule has 0 aliphatic heterocycles. The van der Waals surface area contributed by atoms with Crippen molar-refractivity contribution in [3.8, 4) is 11.5 Å². The summed E-state index contributed by atoms with van der Waals surface area (Å²) in [7, 11) is 5.06. The maximum absolute atomic E-state index is 5.64. The number of nitrogens with two attached hydrogens (primary N) is 1. The first-order valence-electron chi connectivity index (χ1n) is 5.50. The molecule has 0 radical (unpaired) electrons. The minimum Gasteiger partial charge on any atom is -0.493 e. The Balaban J connectivity index is 2.27. The number of hydrogen-bond acceptors (Lipinski definition) is 5. The van der Waals surface area contributed by atoms with Crippen LogP contribution in [0, 0.1) is 0 Å². The Bertz CT molecular complexity index is 551. The van der Waals surface area contributed by atoms with Crippen LogP contribution in [0.2, 0.25) is 0 Å². The summed E-state index contributed by atoms with van der Waals surface area (Å²) in [6.07, 6.45) is 0.640. The van der Waals surface area contributed by atoms with Crippen LogP contribution in [0.4, 0.5) is 5.95 Å². The molecule has 0 spiro atoms. The molecule has 0 fully saturated rings. The Hall–Kier alpha value is -2.24. The van der Waals surface area contributed by atoms with E-state index in [0.29, 0.717) is 23.9 Å². The molecule has 0 atom stereocenters. The standard InChI is InChI=1S/C12H16N4O2/c1-16-11(14-15-12(16)13)7-8-4-5-9(17-2)10(6-8)18-3/h4-6H,7H2,1-3H3,(H2,13,15). The maximum Gasteiger partial charge on any atom is 0.221 e. The largest absolute Gasteiger partial charge is 0.493 e. The summed E-state index contributed by atoms with van der Waals surface area (Å²) in [6, 6.07) is 5.75. The Labute approximate surface area is 105 Å². The number of benzene rings is 1.